The van der Waals surface area contributed by atoms with Gasteiger partial charge in [0.1, 0.15) is 0 Å². The van der Waals surface area contributed by atoms with Crippen molar-refractivity contribution in [1.82, 2.24) is 19.6 Å². The van der Waals surface area contributed by atoms with E-state index in [1.165, 1.54) is 111 Å². The van der Waals surface area contributed by atoms with Gasteiger partial charge in [-0.2, -0.15) is 0 Å². The molecule has 0 saturated heterocycles. The standard InChI is InChI=1S/4C18H21N.8C2H6.CH4/c1-3-19(4-2)13-16-10-7-9-15-12-14-8-5-6-11-17(14)18(15)16;1-3-19(4-2)13-15-9-7-11-17-16-10-6-5-8-14(16)12-18(15)17;1-3-19(4-2)13-14-9-10-18-16(11-14)12-15-7-5-6-8-17(15)18;1-3-19(4-2)13-14-9-10-16-12-15-7-5-6-8-17(15)18(16)11-14;8*1-2;/h4*5-11H,3-4,12-13H2,1-2H3;8*1-2H3;1H4. The summed E-state index contributed by atoms with van der Waals surface area (Å²) < 4.78 is 0. The summed E-state index contributed by atoms with van der Waals surface area (Å²) in [4.78, 5) is 9.89. The number of hydrogen-bond acceptors (Lipinski definition) is 4. The summed E-state index contributed by atoms with van der Waals surface area (Å²) in [5.41, 5.74) is 29.3. The Bertz CT molecular complexity index is 3180. The van der Waals surface area contributed by atoms with Crippen LogP contribution in [-0.4, -0.2) is 72.0 Å². The number of rotatable bonds is 16. The fourth-order valence-corrected chi connectivity index (χ4v) is 12.1. The lowest BCUT2D eigenvalue weighted by Gasteiger charge is -2.20. The first kappa shape index (κ1) is 86.6. The third kappa shape index (κ3) is 24.7. The van der Waals surface area contributed by atoms with Gasteiger partial charge in [-0.3, -0.25) is 19.6 Å². The van der Waals surface area contributed by atoms with Gasteiger partial charge in [0, 0.05) is 26.2 Å². The number of hydrogen-bond donors (Lipinski definition) is 0. The molecule has 8 aromatic carbocycles. The first-order valence-electron chi connectivity index (χ1n) is 37.0. The van der Waals surface area contributed by atoms with Crippen LogP contribution in [0.1, 0.15) is 240 Å². The van der Waals surface area contributed by atoms with Gasteiger partial charge in [-0.25, -0.2) is 0 Å². The van der Waals surface area contributed by atoms with Crippen molar-refractivity contribution in [3.8, 4) is 44.5 Å². The number of benzene rings is 8. The monoisotopic (exact) mass is 1260 g/mol. The highest BCUT2D eigenvalue weighted by atomic mass is 15.1. The van der Waals surface area contributed by atoms with Crippen LogP contribution in [0.5, 0.6) is 0 Å². The molecule has 4 nitrogen and oxygen atoms in total. The Labute approximate surface area is 575 Å². The quantitative estimate of drug-likeness (QED) is 0.0956. The molecule has 93 heavy (non-hydrogen) atoms. The number of nitrogens with zero attached hydrogens (tertiary/aromatic N) is 4. The average molecular weight is 1260 g/mol. The summed E-state index contributed by atoms with van der Waals surface area (Å²) in [6, 6.07) is 62.7. The second-order valence-electron chi connectivity index (χ2n) is 21.1. The second-order valence-corrected chi connectivity index (χ2v) is 21.1. The van der Waals surface area contributed by atoms with Gasteiger partial charge in [-0.05, 0) is 195 Å². The first-order valence-corrected chi connectivity index (χ1v) is 37.0. The second kappa shape index (κ2) is 51.0. The summed E-state index contributed by atoms with van der Waals surface area (Å²) in [5, 5.41) is 0. The predicted molar refractivity (Wildman–Crippen MR) is 423 cm³/mol. The van der Waals surface area contributed by atoms with Crippen molar-refractivity contribution >= 4 is 0 Å². The average Bonchev–Trinajstić information content (AvgIpc) is 1.68. The molecule has 4 aliphatic carbocycles. The van der Waals surface area contributed by atoms with Gasteiger partial charge in [0.2, 0.25) is 0 Å². The van der Waals surface area contributed by atoms with Gasteiger partial charge in [0.25, 0.3) is 0 Å². The highest BCUT2D eigenvalue weighted by molar-refractivity contribution is 5.81. The lowest BCUT2D eigenvalue weighted by molar-refractivity contribution is 0.295. The van der Waals surface area contributed by atoms with Crippen molar-refractivity contribution in [2.75, 3.05) is 52.4 Å². The molecule has 4 aliphatic rings. The lowest BCUT2D eigenvalue weighted by atomic mass is 9.99. The van der Waals surface area contributed by atoms with Crippen LogP contribution in [0.2, 0.25) is 0 Å². The SMILES string of the molecule is C.CC.CC.CC.CC.CC.CC.CC.CC.CCN(CC)Cc1ccc2c(c1)-c1ccccc1C2.CCN(CC)Cc1ccc2c(c1)Cc1ccccc1-2.CCN(CC)Cc1cccc2c1-c1ccccc1C2.CCN(CC)Cc1cccc2c1Cc1ccccc1-2. The zero-order chi connectivity index (χ0) is 69.0. The summed E-state index contributed by atoms with van der Waals surface area (Å²) in [6.45, 7) is 63.1. The van der Waals surface area contributed by atoms with Crippen molar-refractivity contribution in [3.63, 3.8) is 0 Å². The highest BCUT2D eigenvalue weighted by Crippen LogP contribution is 2.41. The van der Waals surface area contributed by atoms with E-state index in [-0.39, 0.29) is 7.43 Å². The minimum absolute atomic E-state index is 0. The summed E-state index contributed by atoms with van der Waals surface area (Å²) in [6.07, 6.45) is 4.38. The normalized spacial score (nSPS) is 10.8. The molecule has 0 fully saturated rings. The molecule has 0 N–H and O–H groups in total. The Morgan fingerprint density at radius 3 is 1.02 bits per heavy atom. The number of fused-ring (bicyclic) bond motifs is 12. The van der Waals surface area contributed by atoms with Crippen LogP contribution in [-0.2, 0) is 51.9 Å². The van der Waals surface area contributed by atoms with E-state index in [4.69, 9.17) is 0 Å². The van der Waals surface area contributed by atoms with E-state index in [1.54, 1.807) is 0 Å². The molecule has 0 aromatic heterocycles. The van der Waals surface area contributed by atoms with Gasteiger partial charge in [-0.15, -0.1) is 0 Å². The molecule has 0 saturated carbocycles. The molecule has 512 valence electrons. The van der Waals surface area contributed by atoms with Crippen LogP contribution in [0.15, 0.2) is 170 Å². The van der Waals surface area contributed by atoms with Crippen molar-refractivity contribution < 1.29 is 0 Å². The van der Waals surface area contributed by atoms with Crippen LogP contribution in [0.3, 0.4) is 0 Å². The zero-order valence-corrected chi connectivity index (χ0v) is 63.3. The maximum absolute atomic E-state index is 2.48. The molecular weight excluding hydrogens is 1130 g/mol. The fourth-order valence-electron chi connectivity index (χ4n) is 12.1. The maximum atomic E-state index is 2.48. The van der Waals surface area contributed by atoms with E-state index < -0.39 is 0 Å². The largest absolute Gasteiger partial charge is 0.300 e. The van der Waals surface area contributed by atoms with Gasteiger partial charge >= 0.3 is 0 Å². The van der Waals surface area contributed by atoms with E-state index in [9.17, 15) is 0 Å². The lowest BCUT2D eigenvalue weighted by Crippen LogP contribution is -2.22. The molecular formula is C89H136N4. The minimum atomic E-state index is 0. The molecule has 12 rings (SSSR count). The predicted octanol–water partition coefficient (Wildman–Crippen LogP) is 25.2. The van der Waals surface area contributed by atoms with Gasteiger partial charge in [-0.1, -0.05) is 337 Å². The Morgan fingerprint density at radius 2 is 0.538 bits per heavy atom. The third-order valence-corrected chi connectivity index (χ3v) is 16.8. The first-order chi connectivity index (χ1) is 45.3. The molecule has 4 heteroatoms. The summed E-state index contributed by atoms with van der Waals surface area (Å²) >= 11 is 0. The van der Waals surface area contributed by atoms with Crippen molar-refractivity contribution in [2.45, 2.75) is 225 Å². The van der Waals surface area contributed by atoms with Gasteiger partial charge < -0.3 is 0 Å². The molecule has 0 atom stereocenters. The fraction of sp³-hybridized carbons (Fsp3) is 0.461. The van der Waals surface area contributed by atoms with E-state index in [0.29, 0.717) is 0 Å². The van der Waals surface area contributed by atoms with E-state index >= 15 is 0 Å². The molecule has 0 unspecified atom stereocenters. The van der Waals surface area contributed by atoms with E-state index in [0.717, 1.165) is 104 Å². The van der Waals surface area contributed by atoms with E-state index in [2.05, 4.69) is 245 Å². The van der Waals surface area contributed by atoms with Crippen LogP contribution >= 0.6 is 0 Å². The smallest absolute Gasteiger partial charge is 0.0239 e. The minimum Gasteiger partial charge on any atom is -0.300 e. The topological polar surface area (TPSA) is 13.0 Å². The Morgan fingerprint density at radius 1 is 0.237 bits per heavy atom. The van der Waals surface area contributed by atoms with Gasteiger partial charge in [0.15, 0.2) is 0 Å². The van der Waals surface area contributed by atoms with Gasteiger partial charge in [0.05, 0.1) is 0 Å². The summed E-state index contributed by atoms with van der Waals surface area (Å²) in [5.74, 6) is 0. The van der Waals surface area contributed by atoms with Crippen LogP contribution in [0.4, 0.5) is 0 Å². The van der Waals surface area contributed by atoms with Crippen molar-refractivity contribution in [3.05, 3.63) is 237 Å². The third-order valence-electron chi connectivity index (χ3n) is 16.8. The van der Waals surface area contributed by atoms with E-state index in [1.807, 2.05) is 111 Å². The molecule has 0 heterocycles. The molecule has 0 bridgehead atoms. The molecule has 0 spiro atoms. The maximum Gasteiger partial charge on any atom is 0.0239 e. The Kier molecular flexibility index (Phi) is 47.5. The molecule has 0 aliphatic heterocycles. The highest BCUT2D eigenvalue weighted by Gasteiger charge is 2.24. The Balaban J connectivity index is 0.00000113. The van der Waals surface area contributed by atoms with Crippen LogP contribution in [0, 0.1) is 0 Å². The molecule has 0 radical (unpaired) electrons. The van der Waals surface area contributed by atoms with Crippen LogP contribution in [0.25, 0.3) is 44.5 Å². The summed E-state index contributed by atoms with van der Waals surface area (Å²) in [7, 11) is 0. The molecule has 0 amide bonds. The van der Waals surface area contributed by atoms with Crippen molar-refractivity contribution in [1.29, 1.82) is 0 Å². The van der Waals surface area contributed by atoms with Crippen molar-refractivity contribution in [2.24, 2.45) is 0 Å². The molecule has 8 aromatic rings. The van der Waals surface area contributed by atoms with Crippen LogP contribution < -0.4 is 0 Å². The zero-order valence-electron chi connectivity index (χ0n) is 63.3. The Hall–Kier alpha value is -6.40.